The van der Waals surface area contributed by atoms with Gasteiger partial charge in [0.15, 0.2) is 18.4 Å². The Balaban J connectivity index is 1.71. The average molecular weight is 487 g/mol. The molecule has 2 saturated heterocycles. The highest BCUT2D eigenvalue weighted by molar-refractivity contribution is 4.98. The molecule has 14 heteroatoms. The van der Waals surface area contributed by atoms with Crippen LogP contribution >= 0.6 is 0 Å². The van der Waals surface area contributed by atoms with E-state index in [0.29, 0.717) is 6.42 Å². The van der Waals surface area contributed by atoms with E-state index in [2.05, 4.69) is 22.9 Å². The molecule has 3 aliphatic rings. The van der Waals surface area contributed by atoms with Crippen LogP contribution in [0, 0.1) is 0 Å². The molecule has 2 aliphatic heterocycles. The highest BCUT2D eigenvalue weighted by Crippen LogP contribution is 2.30. The first-order valence-corrected chi connectivity index (χ1v) is 11.5. The largest absolute Gasteiger partial charge is 0.387 e. The molecular formula is C19H44N5O9+5. The number of likely N-dealkylation sites (N-methyl/N-ethyl adjacent to an activating group) is 1. The van der Waals surface area contributed by atoms with Gasteiger partial charge in [0, 0.05) is 0 Å². The van der Waals surface area contributed by atoms with Gasteiger partial charge in [-0.15, -0.1) is 0 Å². The Morgan fingerprint density at radius 3 is 2.06 bits per heavy atom. The molecular weight excluding hydrogens is 442 g/mol. The van der Waals surface area contributed by atoms with E-state index in [-0.39, 0.29) is 25.2 Å². The molecule has 3 fully saturated rings. The van der Waals surface area contributed by atoms with Gasteiger partial charge in [-0.1, -0.05) is 0 Å². The molecule has 1 saturated carbocycles. The van der Waals surface area contributed by atoms with Gasteiger partial charge in [0.2, 0.25) is 6.29 Å². The van der Waals surface area contributed by atoms with Gasteiger partial charge in [0.25, 0.3) is 0 Å². The van der Waals surface area contributed by atoms with Crippen LogP contribution in [0.2, 0.25) is 0 Å². The SMILES string of the molecule is C[NH2+][C@@H]1[C@@H](O)[C@@H](O[C@@H]2[C@@H](O)[C@H](O[C@H]3O[C@H](C[NH3+])[C@@H](O)[C@H](O)[C@H]3[NH3+])[C@@H]([NH3+])C[C@H]2[NH3+])OC[C@]1(C)O. The molecule has 0 bridgehead atoms. The predicted molar refractivity (Wildman–Crippen MR) is 107 cm³/mol. The lowest BCUT2D eigenvalue weighted by Crippen LogP contribution is -2.96. The summed E-state index contributed by atoms with van der Waals surface area (Å²) < 4.78 is 23.4. The van der Waals surface area contributed by atoms with Crippen LogP contribution < -0.4 is 28.3 Å². The monoisotopic (exact) mass is 486 g/mol. The van der Waals surface area contributed by atoms with E-state index in [9.17, 15) is 25.5 Å². The van der Waals surface area contributed by atoms with E-state index in [4.69, 9.17) is 18.9 Å². The lowest BCUT2D eigenvalue weighted by molar-refractivity contribution is -0.695. The number of hydrogen-bond donors (Lipinski definition) is 10. The average Bonchev–Trinajstić information content (AvgIpc) is 2.75. The maximum absolute atomic E-state index is 11.1. The molecule has 0 spiro atoms. The molecule has 33 heavy (non-hydrogen) atoms. The molecule has 14 atom stereocenters. The first-order chi connectivity index (χ1) is 15.4. The molecule has 19 N–H and O–H groups in total. The summed E-state index contributed by atoms with van der Waals surface area (Å²) >= 11 is 0. The normalized spacial score (nSPS) is 53.7. The van der Waals surface area contributed by atoms with Crippen molar-refractivity contribution in [2.75, 3.05) is 20.2 Å². The summed E-state index contributed by atoms with van der Waals surface area (Å²) in [7, 11) is 1.74. The van der Waals surface area contributed by atoms with Crippen LogP contribution in [-0.4, -0.2) is 131 Å². The molecule has 2 heterocycles. The number of hydrogen-bond acceptors (Lipinski definition) is 9. The van der Waals surface area contributed by atoms with Gasteiger partial charge in [0.1, 0.15) is 66.9 Å². The Hall–Kier alpha value is -0.560. The standard InChI is InChI=1S/C19H39N5O9/c1-19(29)5-30-18(13(28)16(19)24-2)33-15-7(22)3-6(21)14(12(15)27)32-17-9(23)11(26)10(25)8(4-20)31-17/h6-18,24-29H,3-5,20-23H2,1-2H3/p+5/t6-,7+,8+,9+,10+,11+,12-,13+,14+,15-,16+,17+,18+,19-/m0/s1. The highest BCUT2D eigenvalue weighted by Gasteiger charge is 2.55. The molecule has 0 radical (unpaired) electrons. The van der Waals surface area contributed by atoms with Crippen molar-refractivity contribution < 1.29 is 72.7 Å². The topological polar surface area (TPSA) is 265 Å². The fraction of sp³-hybridized carbons (Fsp3) is 1.00. The van der Waals surface area contributed by atoms with Gasteiger partial charge in [-0.3, -0.25) is 0 Å². The van der Waals surface area contributed by atoms with E-state index >= 15 is 0 Å². The van der Waals surface area contributed by atoms with Crippen molar-refractivity contribution in [2.24, 2.45) is 0 Å². The fourth-order valence-electron chi connectivity index (χ4n) is 5.11. The Bertz CT molecular complexity index is 647. The minimum Gasteiger partial charge on any atom is -0.387 e. The fourth-order valence-corrected chi connectivity index (χ4v) is 5.11. The van der Waals surface area contributed by atoms with E-state index in [1.807, 2.05) is 0 Å². The van der Waals surface area contributed by atoms with Crippen molar-refractivity contribution in [1.29, 1.82) is 0 Å². The van der Waals surface area contributed by atoms with E-state index in [1.165, 1.54) is 0 Å². The zero-order valence-corrected chi connectivity index (χ0v) is 19.4. The lowest BCUT2D eigenvalue weighted by Gasteiger charge is -2.46. The van der Waals surface area contributed by atoms with Crippen LogP contribution in [0.25, 0.3) is 0 Å². The van der Waals surface area contributed by atoms with Crippen LogP contribution in [0.4, 0.5) is 0 Å². The van der Waals surface area contributed by atoms with E-state index < -0.39 is 73.0 Å². The predicted octanol–water partition coefficient (Wildman–Crippen LogP) is -9.93. The summed E-state index contributed by atoms with van der Waals surface area (Å²) in [5.41, 5.74) is 14.5. The Morgan fingerprint density at radius 1 is 0.939 bits per heavy atom. The first-order valence-electron chi connectivity index (χ1n) is 11.5. The molecule has 0 aromatic carbocycles. The van der Waals surface area contributed by atoms with Crippen molar-refractivity contribution in [3.8, 4) is 0 Å². The third kappa shape index (κ3) is 5.34. The quantitative estimate of drug-likeness (QED) is 0.170. The summed E-state index contributed by atoms with van der Waals surface area (Å²) in [6.45, 7) is 1.75. The van der Waals surface area contributed by atoms with Gasteiger partial charge in [-0.05, 0) is 6.92 Å². The molecule has 3 rings (SSSR count). The number of quaternary nitrogens is 5. The van der Waals surface area contributed by atoms with Crippen LogP contribution in [0.5, 0.6) is 0 Å². The van der Waals surface area contributed by atoms with E-state index in [0.717, 1.165) is 0 Å². The summed E-state index contributed by atoms with van der Waals surface area (Å²) in [5, 5.41) is 54.5. The first kappa shape index (κ1) is 27.0. The lowest BCUT2D eigenvalue weighted by atomic mass is 9.84. The van der Waals surface area contributed by atoms with Crippen LogP contribution in [-0.2, 0) is 18.9 Å². The number of rotatable bonds is 6. The molecule has 14 nitrogen and oxygen atoms in total. The number of aliphatic hydroxyl groups is 5. The van der Waals surface area contributed by atoms with Crippen molar-refractivity contribution in [2.45, 2.75) is 98.4 Å². The molecule has 0 aromatic heterocycles. The second-order valence-electron chi connectivity index (χ2n) is 9.81. The zero-order chi connectivity index (χ0) is 24.7. The van der Waals surface area contributed by atoms with Gasteiger partial charge in [-0.25, -0.2) is 0 Å². The van der Waals surface area contributed by atoms with Crippen molar-refractivity contribution >= 4 is 0 Å². The summed E-state index contributed by atoms with van der Waals surface area (Å²) in [4.78, 5) is 0. The van der Waals surface area contributed by atoms with Crippen molar-refractivity contribution in [3.63, 3.8) is 0 Å². The number of nitrogens with two attached hydrogens (primary N) is 1. The van der Waals surface area contributed by atoms with Crippen LogP contribution in [0.1, 0.15) is 13.3 Å². The Morgan fingerprint density at radius 2 is 1.52 bits per heavy atom. The van der Waals surface area contributed by atoms with Crippen molar-refractivity contribution in [1.82, 2.24) is 0 Å². The third-order valence-electron chi connectivity index (χ3n) is 7.17. The maximum Gasteiger partial charge on any atom is 0.214 e. The van der Waals surface area contributed by atoms with Gasteiger partial charge in [0.05, 0.1) is 20.1 Å². The number of aliphatic hydroxyl groups excluding tert-OH is 4. The Labute approximate surface area is 192 Å². The zero-order valence-electron chi connectivity index (χ0n) is 19.4. The van der Waals surface area contributed by atoms with Gasteiger partial charge < -0.3 is 72.7 Å². The second-order valence-corrected chi connectivity index (χ2v) is 9.81. The minimum absolute atomic E-state index is 0.0437. The summed E-state index contributed by atoms with van der Waals surface area (Å²) in [6, 6.07) is -2.11. The third-order valence-corrected chi connectivity index (χ3v) is 7.17. The van der Waals surface area contributed by atoms with Crippen LogP contribution in [0.15, 0.2) is 0 Å². The van der Waals surface area contributed by atoms with Crippen molar-refractivity contribution in [3.05, 3.63) is 0 Å². The molecule has 1 aliphatic carbocycles. The smallest absolute Gasteiger partial charge is 0.214 e. The van der Waals surface area contributed by atoms with Crippen LogP contribution in [0.3, 0.4) is 0 Å². The van der Waals surface area contributed by atoms with E-state index in [1.54, 1.807) is 19.3 Å². The molecule has 0 unspecified atom stereocenters. The van der Waals surface area contributed by atoms with Gasteiger partial charge in [-0.2, -0.15) is 0 Å². The maximum atomic E-state index is 11.1. The molecule has 0 amide bonds. The minimum atomic E-state index is -1.25. The second kappa shape index (κ2) is 10.6. The molecule has 194 valence electrons. The summed E-state index contributed by atoms with van der Waals surface area (Å²) in [5.74, 6) is 0. The Kier molecular flexibility index (Phi) is 8.68. The number of ether oxygens (including phenoxy) is 4. The highest BCUT2D eigenvalue weighted by atomic mass is 16.7. The summed E-state index contributed by atoms with van der Waals surface area (Å²) in [6.07, 6.45) is -8.68. The van der Waals surface area contributed by atoms with Gasteiger partial charge >= 0.3 is 0 Å². The molecule has 0 aromatic rings.